The maximum absolute atomic E-state index is 12.6. The average Bonchev–Trinajstić information content (AvgIpc) is 3.01. The molecule has 1 amide bonds. The molecule has 5 nitrogen and oxygen atoms in total. The van der Waals surface area contributed by atoms with Crippen LogP contribution in [-0.2, 0) is 9.47 Å². The summed E-state index contributed by atoms with van der Waals surface area (Å²) in [4.78, 5) is 14.3. The first-order valence-corrected chi connectivity index (χ1v) is 15.0. The van der Waals surface area contributed by atoms with E-state index in [2.05, 4.69) is 55.6 Å². The fourth-order valence-electron chi connectivity index (χ4n) is 4.36. The van der Waals surface area contributed by atoms with Crippen LogP contribution < -0.4 is 9.61 Å². The summed E-state index contributed by atoms with van der Waals surface area (Å²) < 4.78 is 17.8. The van der Waals surface area contributed by atoms with Crippen molar-refractivity contribution in [1.29, 1.82) is 0 Å². The first-order chi connectivity index (χ1) is 16.0. The summed E-state index contributed by atoms with van der Waals surface area (Å²) in [6, 6.07) is 18.7. The summed E-state index contributed by atoms with van der Waals surface area (Å²) >= 11 is 0. The number of rotatable bonds is 9. The Kier molecular flexibility index (Phi) is 8.26. The van der Waals surface area contributed by atoms with Crippen LogP contribution in [0.4, 0.5) is 4.79 Å². The van der Waals surface area contributed by atoms with E-state index in [0.717, 1.165) is 30.6 Å². The fraction of sp³-hybridized carbons (Fsp3) is 0.464. The number of hydrogen-bond acceptors (Lipinski definition) is 4. The van der Waals surface area contributed by atoms with Crippen molar-refractivity contribution in [1.82, 2.24) is 4.90 Å². The second-order valence-corrected chi connectivity index (χ2v) is 14.2. The van der Waals surface area contributed by atoms with Gasteiger partial charge in [0.25, 0.3) is 8.32 Å². The van der Waals surface area contributed by atoms with Crippen LogP contribution in [0.1, 0.15) is 52.5 Å². The van der Waals surface area contributed by atoms with Crippen molar-refractivity contribution in [3.8, 4) is 5.75 Å². The standard InChI is InChI=1S/C28H39NO4Si/c1-27(2)22-32-28(3,4)29(27)26(30)31-21-15-8-7-10-16-23-17-13-14-20-25(23)33-34(5,6)24-18-11-9-12-19-24/h9-14,16-20H,7-8,15,21-22H2,1-6H3/b16-10+. The first kappa shape index (κ1) is 26.0. The highest BCUT2D eigenvalue weighted by molar-refractivity contribution is 6.85. The van der Waals surface area contributed by atoms with Crippen LogP contribution in [0.15, 0.2) is 60.7 Å². The molecule has 1 saturated heterocycles. The van der Waals surface area contributed by atoms with Crippen LogP contribution >= 0.6 is 0 Å². The first-order valence-electron chi connectivity index (χ1n) is 12.1. The van der Waals surface area contributed by atoms with Gasteiger partial charge in [0, 0.05) is 5.56 Å². The van der Waals surface area contributed by atoms with E-state index in [9.17, 15) is 4.79 Å². The normalized spacial score (nSPS) is 17.2. The molecule has 1 aliphatic heterocycles. The molecule has 184 valence electrons. The van der Waals surface area contributed by atoms with Crippen molar-refractivity contribution >= 4 is 25.7 Å². The highest BCUT2D eigenvalue weighted by atomic mass is 28.4. The van der Waals surface area contributed by atoms with Crippen molar-refractivity contribution in [2.45, 2.75) is 71.3 Å². The van der Waals surface area contributed by atoms with Gasteiger partial charge < -0.3 is 13.9 Å². The van der Waals surface area contributed by atoms with Gasteiger partial charge in [-0.3, -0.25) is 4.90 Å². The SMILES string of the molecule is CC1(C)COC(C)(C)N1C(=O)OCCCC/C=C/c1ccccc1O[Si](C)(C)c1ccccc1. The van der Waals surface area contributed by atoms with E-state index in [1.165, 1.54) is 5.19 Å². The number of carbonyl (C=O) groups is 1. The molecule has 0 spiro atoms. The number of nitrogens with zero attached hydrogens (tertiary/aromatic N) is 1. The van der Waals surface area contributed by atoms with Crippen LogP contribution in [0.3, 0.4) is 0 Å². The van der Waals surface area contributed by atoms with Crippen molar-refractivity contribution in [3.63, 3.8) is 0 Å². The minimum absolute atomic E-state index is 0.306. The molecule has 34 heavy (non-hydrogen) atoms. The summed E-state index contributed by atoms with van der Waals surface area (Å²) in [6.45, 7) is 13.2. The van der Waals surface area contributed by atoms with E-state index in [0.29, 0.717) is 13.2 Å². The lowest BCUT2D eigenvalue weighted by Crippen LogP contribution is -2.52. The molecule has 0 atom stereocenters. The average molecular weight is 482 g/mol. The van der Waals surface area contributed by atoms with Gasteiger partial charge in [0.05, 0.1) is 18.8 Å². The highest BCUT2D eigenvalue weighted by Gasteiger charge is 2.49. The molecule has 6 heteroatoms. The number of ether oxygens (including phenoxy) is 2. The second kappa shape index (κ2) is 10.8. The van der Waals surface area contributed by atoms with Gasteiger partial charge in [-0.05, 0) is 71.3 Å². The molecular formula is C28H39NO4Si. The van der Waals surface area contributed by atoms with E-state index >= 15 is 0 Å². The maximum atomic E-state index is 12.6. The zero-order chi connectivity index (χ0) is 24.8. The quantitative estimate of drug-likeness (QED) is 0.309. The minimum Gasteiger partial charge on any atom is -0.539 e. The second-order valence-electron chi connectivity index (χ2n) is 10.4. The zero-order valence-corrected chi connectivity index (χ0v) is 22.5. The predicted octanol–water partition coefficient (Wildman–Crippen LogP) is 6.34. The largest absolute Gasteiger partial charge is 0.539 e. The molecule has 2 aromatic carbocycles. The predicted molar refractivity (Wildman–Crippen MR) is 141 cm³/mol. The van der Waals surface area contributed by atoms with Crippen LogP contribution in [0.5, 0.6) is 5.75 Å². The number of carbonyl (C=O) groups excluding carboxylic acids is 1. The van der Waals surface area contributed by atoms with Gasteiger partial charge >= 0.3 is 6.09 Å². The van der Waals surface area contributed by atoms with E-state index in [1.54, 1.807) is 4.90 Å². The van der Waals surface area contributed by atoms with Gasteiger partial charge in [-0.1, -0.05) is 60.7 Å². The zero-order valence-electron chi connectivity index (χ0n) is 21.5. The Morgan fingerprint density at radius 1 is 1.03 bits per heavy atom. The molecule has 0 aromatic heterocycles. The van der Waals surface area contributed by atoms with Crippen molar-refractivity contribution < 1.29 is 18.7 Å². The number of amides is 1. The van der Waals surface area contributed by atoms with Crippen molar-refractivity contribution in [3.05, 3.63) is 66.2 Å². The van der Waals surface area contributed by atoms with Gasteiger partial charge in [-0.2, -0.15) is 0 Å². The van der Waals surface area contributed by atoms with Crippen molar-refractivity contribution in [2.24, 2.45) is 0 Å². The van der Waals surface area contributed by atoms with Gasteiger partial charge in [-0.15, -0.1) is 0 Å². The number of allylic oxidation sites excluding steroid dienone is 1. The molecule has 2 aromatic rings. The molecular weight excluding hydrogens is 442 g/mol. The summed E-state index contributed by atoms with van der Waals surface area (Å²) in [5.41, 5.74) is 0.0805. The van der Waals surface area contributed by atoms with E-state index in [-0.39, 0.29) is 11.6 Å². The number of hydrogen-bond donors (Lipinski definition) is 0. The summed E-state index contributed by atoms with van der Waals surface area (Å²) in [5, 5.41) is 1.27. The van der Waals surface area contributed by atoms with Crippen LogP contribution in [-0.4, -0.2) is 43.8 Å². The van der Waals surface area contributed by atoms with Gasteiger partial charge in [0.1, 0.15) is 11.5 Å². The topological polar surface area (TPSA) is 48.0 Å². The molecule has 1 heterocycles. The molecule has 0 N–H and O–H groups in total. The molecule has 0 unspecified atom stereocenters. The molecule has 0 radical (unpaired) electrons. The summed E-state index contributed by atoms with van der Waals surface area (Å²) in [5.74, 6) is 0.922. The van der Waals surface area contributed by atoms with Gasteiger partial charge in [-0.25, -0.2) is 4.79 Å². The third-order valence-electron chi connectivity index (χ3n) is 6.15. The minimum atomic E-state index is -2.05. The number of unbranched alkanes of at least 4 members (excludes halogenated alkanes) is 2. The van der Waals surface area contributed by atoms with Gasteiger partial charge in [0.2, 0.25) is 0 Å². The maximum Gasteiger partial charge on any atom is 0.412 e. The number of para-hydroxylation sites is 1. The smallest absolute Gasteiger partial charge is 0.412 e. The highest BCUT2D eigenvalue weighted by Crippen LogP contribution is 2.35. The Balaban J connectivity index is 1.46. The Bertz CT molecular complexity index is 969. The van der Waals surface area contributed by atoms with Crippen LogP contribution in [0.2, 0.25) is 13.1 Å². The van der Waals surface area contributed by atoms with E-state index in [1.807, 2.05) is 52.0 Å². The van der Waals surface area contributed by atoms with Crippen molar-refractivity contribution in [2.75, 3.05) is 13.2 Å². The Hall–Kier alpha value is -2.57. The Labute approximate surface area is 205 Å². The summed E-state index contributed by atoms with van der Waals surface area (Å²) in [7, 11) is -2.05. The molecule has 3 rings (SSSR count). The number of benzene rings is 2. The van der Waals surface area contributed by atoms with E-state index < -0.39 is 14.0 Å². The summed E-state index contributed by atoms with van der Waals surface area (Å²) in [6.07, 6.45) is 6.66. The Morgan fingerprint density at radius 2 is 1.71 bits per heavy atom. The van der Waals surface area contributed by atoms with Crippen LogP contribution in [0, 0.1) is 0 Å². The third kappa shape index (κ3) is 6.51. The van der Waals surface area contributed by atoms with Gasteiger partial charge in [0.15, 0.2) is 0 Å². The molecule has 1 aliphatic rings. The lowest BCUT2D eigenvalue weighted by molar-refractivity contribution is -0.0518. The van der Waals surface area contributed by atoms with E-state index in [4.69, 9.17) is 13.9 Å². The third-order valence-corrected chi connectivity index (χ3v) is 8.60. The molecule has 0 saturated carbocycles. The lowest BCUT2D eigenvalue weighted by atomic mass is 10.0. The molecule has 1 fully saturated rings. The Morgan fingerprint density at radius 3 is 2.38 bits per heavy atom. The molecule has 0 aliphatic carbocycles. The van der Waals surface area contributed by atoms with Crippen LogP contribution in [0.25, 0.3) is 6.08 Å². The molecule has 0 bridgehead atoms. The monoisotopic (exact) mass is 481 g/mol. The lowest BCUT2D eigenvalue weighted by Gasteiger charge is -2.36. The fourth-order valence-corrected chi connectivity index (χ4v) is 6.21.